The number of carbonyl (C=O) groups is 3. The van der Waals surface area contributed by atoms with Crippen LogP contribution in [0, 0.1) is 18.8 Å². The Hall–Kier alpha value is -3.21. The third-order valence-corrected chi connectivity index (χ3v) is 5.94. The van der Waals surface area contributed by atoms with Gasteiger partial charge < -0.3 is 4.74 Å². The molecule has 0 unspecified atom stereocenters. The number of amides is 2. The minimum atomic E-state index is -0.648. The van der Waals surface area contributed by atoms with Crippen molar-refractivity contribution in [2.45, 2.75) is 39.7 Å². The number of nitrogens with zero attached hydrogens (tertiary/aromatic N) is 1. The molecule has 0 radical (unpaired) electrons. The average Bonchev–Trinajstić information content (AvgIpc) is 2.98. The number of ketones is 1. The summed E-state index contributed by atoms with van der Waals surface area (Å²) in [5, 5.41) is 0. The quantitative estimate of drug-likeness (QED) is 0.419. The van der Waals surface area contributed by atoms with Crippen LogP contribution in [0.25, 0.3) is 0 Å². The predicted molar refractivity (Wildman–Crippen MR) is 115 cm³/mol. The van der Waals surface area contributed by atoms with Gasteiger partial charge in [-0.15, -0.1) is 0 Å². The molecular weight excluding hydrogens is 378 g/mol. The molecule has 2 aromatic carbocycles. The van der Waals surface area contributed by atoms with Crippen molar-refractivity contribution in [3.63, 3.8) is 0 Å². The Morgan fingerprint density at radius 3 is 2.27 bits per heavy atom. The van der Waals surface area contributed by atoms with Crippen LogP contribution < -0.4 is 9.64 Å². The molecule has 154 valence electrons. The van der Waals surface area contributed by atoms with Crippen LogP contribution in [0.15, 0.2) is 60.2 Å². The summed E-state index contributed by atoms with van der Waals surface area (Å²) in [5.41, 5.74) is 3.40. The van der Waals surface area contributed by atoms with Gasteiger partial charge in [-0.2, -0.15) is 0 Å². The zero-order valence-corrected chi connectivity index (χ0v) is 17.4. The van der Waals surface area contributed by atoms with Crippen LogP contribution in [0.2, 0.25) is 0 Å². The van der Waals surface area contributed by atoms with Crippen molar-refractivity contribution in [2.75, 3.05) is 4.90 Å². The summed E-state index contributed by atoms with van der Waals surface area (Å²) in [6.07, 6.45) is 2.67. The highest BCUT2D eigenvalue weighted by atomic mass is 16.5. The lowest BCUT2D eigenvalue weighted by molar-refractivity contribution is -0.122. The summed E-state index contributed by atoms with van der Waals surface area (Å²) in [6.45, 7) is 5.68. The Labute approximate surface area is 176 Å². The van der Waals surface area contributed by atoms with Gasteiger partial charge in [-0.3, -0.25) is 19.3 Å². The van der Waals surface area contributed by atoms with Gasteiger partial charge in [0.2, 0.25) is 17.6 Å². The number of imide groups is 1. The molecule has 2 amide bonds. The Bertz CT molecular complexity index is 1020. The first-order valence-electron chi connectivity index (χ1n) is 10.3. The first-order valence-corrected chi connectivity index (χ1v) is 10.3. The van der Waals surface area contributed by atoms with E-state index in [0.29, 0.717) is 29.8 Å². The maximum atomic E-state index is 12.8. The summed E-state index contributed by atoms with van der Waals surface area (Å²) >= 11 is 0. The summed E-state index contributed by atoms with van der Waals surface area (Å²) in [4.78, 5) is 39.5. The van der Waals surface area contributed by atoms with Crippen LogP contribution in [0.1, 0.15) is 42.6 Å². The number of allylic oxidation sites excluding steroid dienone is 2. The molecule has 0 bridgehead atoms. The van der Waals surface area contributed by atoms with Gasteiger partial charge in [-0.05, 0) is 57.9 Å². The minimum Gasteiger partial charge on any atom is -0.483 e. The fourth-order valence-corrected chi connectivity index (χ4v) is 4.18. The molecule has 1 aliphatic heterocycles. The van der Waals surface area contributed by atoms with Crippen molar-refractivity contribution in [1.29, 1.82) is 0 Å². The second-order valence-corrected chi connectivity index (χ2v) is 8.20. The molecule has 0 spiro atoms. The number of fused-ring (bicyclic) bond motifs is 1. The Morgan fingerprint density at radius 1 is 0.967 bits per heavy atom. The largest absolute Gasteiger partial charge is 0.483 e. The fourth-order valence-electron chi connectivity index (χ4n) is 4.18. The van der Waals surface area contributed by atoms with E-state index in [4.69, 9.17) is 4.74 Å². The van der Waals surface area contributed by atoms with Gasteiger partial charge >= 0.3 is 0 Å². The molecule has 1 aliphatic carbocycles. The topological polar surface area (TPSA) is 63.7 Å². The molecule has 5 nitrogen and oxygen atoms in total. The third kappa shape index (κ3) is 3.67. The zero-order valence-electron chi connectivity index (χ0n) is 17.4. The van der Waals surface area contributed by atoms with E-state index >= 15 is 0 Å². The lowest BCUT2D eigenvalue weighted by Crippen LogP contribution is -2.30. The SMILES string of the molecule is CC1=CC[C@H]2C(=O)N(c3ccc(O[C@H](C)C(=O)c4ccc(C)cc4)cc3)C(=O)[C@H]2C1. The van der Waals surface area contributed by atoms with E-state index in [1.54, 1.807) is 43.3 Å². The number of benzene rings is 2. The molecular formula is C25H25NO4. The number of ether oxygens (including phenoxy) is 1. The highest BCUT2D eigenvalue weighted by molar-refractivity contribution is 6.22. The first kappa shape index (κ1) is 20.1. The second kappa shape index (κ2) is 7.90. The van der Waals surface area contributed by atoms with Crippen molar-refractivity contribution >= 4 is 23.3 Å². The van der Waals surface area contributed by atoms with Crippen LogP contribution in [-0.2, 0) is 9.59 Å². The van der Waals surface area contributed by atoms with Crippen LogP contribution in [-0.4, -0.2) is 23.7 Å². The van der Waals surface area contributed by atoms with E-state index in [1.165, 1.54) is 4.90 Å². The van der Waals surface area contributed by atoms with E-state index in [1.807, 2.05) is 26.0 Å². The normalized spacial score (nSPS) is 21.8. The Balaban J connectivity index is 1.45. The minimum absolute atomic E-state index is 0.101. The molecule has 3 atom stereocenters. The fraction of sp³-hybridized carbons (Fsp3) is 0.320. The van der Waals surface area contributed by atoms with Crippen molar-refractivity contribution in [2.24, 2.45) is 11.8 Å². The van der Waals surface area contributed by atoms with Gasteiger partial charge in [0.1, 0.15) is 5.75 Å². The van der Waals surface area contributed by atoms with E-state index in [9.17, 15) is 14.4 Å². The van der Waals surface area contributed by atoms with Crippen LogP contribution >= 0.6 is 0 Å². The number of aryl methyl sites for hydroxylation is 1. The second-order valence-electron chi connectivity index (χ2n) is 8.20. The predicted octanol–water partition coefficient (Wildman–Crippen LogP) is 4.49. The standard InChI is InChI=1S/C25H25NO4/c1-15-4-7-18(8-5-15)23(27)17(3)30-20-11-9-19(10-12-20)26-24(28)21-13-6-16(2)14-22(21)25(26)29/h4-12,17,21-22H,13-14H2,1-3H3/t17-,21-,22+/m1/s1. The number of carbonyl (C=O) groups excluding carboxylic acids is 3. The number of hydrogen-bond acceptors (Lipinski definition) is 4. The summed E-state index contributed by atoms with van der Waals surface area (Å²) in [7, 11) is 0. The molecule has 2 aliphatic rings. The van der Waals surface area contributed by atoms with Crippen molar-refractivity contribution < 1.29 is 19.1 Å². The Morgan fingerprint density at radius 2 is 1.60 bits per heavy atom. The monoisotopic (exact) mass is 403 g/mol. The third-order valence-electron chi connectivity index (χ3n) is 5.94. The van der Waals surface area contributed by atoms with Gasteiger partial charge in [0, 0.05) is 5.56 Å². The molecule has 0 saturated carbocycles. The van der Waals surface area contributed by atoms with Crippen molar-refractivity contribution in [3.8, 4) is 5.75 Å². The number of hydrogen-bond donors (Lipinski definition) is 0. The number of rotatable bonds is 5. The molecule has 5 heteroatoms. The molecule has 30 heavy (non-hydrogen) atoms. The number of Topliss-reactive ketones (excluding diaryl/α,β-unsaturated/α-hetero) is 1. The van der Waals surface area contributed by atoms with E-state index in [-0.39, 0.29) is 29.4 Å². The number of anilines is 1. The lowest BCUT2D eigenvalue weighted by Gasteiger charge is -2.18. The smallest absolute Gasteiger partial charge is 0.238 e. The maximum absolute atomic E-state index is 12.8. The van der Waals surface area contributed by atoms with Gasteiger partial charge in [0.25, 0.3) is 0 Å². The van der Waals surface area contributed by atoms with Crippen LogP contribution in [0.3, 0.4) is 0 Å². The summed E-state index contributed by atoms with van der Waals surface area (Å²) in [5.74, 6) is -0.370. The van der Waals surface area contributed by atoms with Crippen molar-refractivity contribution in [3.05, 3.63) is 71.3 Å². The van der Waals surface area contributed by atoms with Gasteiger partial charge in [-0.25, -0.2) is 0 Å². The molecule has 0 N–H and O–H groups in total. The highest BCUT2D eigenvalue weighted by Crippen LogP contribution is 2.40. The van der Waals surface area contributed by atoms with Gasteiger partial charge in [-0.1, -0.05) is 41.5 Å². The van der Waals surface area contributed by atoms with Gasteiger partial charge in [0.15, 0.2) is 6.10 Å². The lowest BCUT2D eigenvalue weighted by atomic mass is 9.82. The maximum Gasteiger partial charge on any atom is 0.238 e. The highest BCUT2D eigenvalue weighted by Gasteiger charge is 2.48. The average molecular weight is 403 g/mol. The summed E-state index contributed by atoms with van der Waals surface area (Å²) < 4.78 is 5.79. The molecule has 1 fully saturated rings. The summed E-state index contributed by atoms with van der Waals surface area (Å²) in [6, 6.07) is 14.2. The zero-order chi connectivity index (χ0) is 21.4. The molecule has 0 aromatic heterocycles. The van der Waals surface area contributed by atoms with E-state index < -0.39 is 6.10 Å². The van der Waals surface area contributed by atoms with Crippen LogP contribution in [0.5, 0.6) is 5.75 Å². The molecule has 1 heterocycles. The molecule has 2 aromatic rings. The van der Waals surface area contributed by atoms with Gasteiger partial charge in [0.05, 0.1) is 17.5 Å². The molecule has 4 rings (SSSR count). The van der Waals surface area contributed by atoms with E-state index in [2.05, 4.69) is 6.08 Å². The first-order chi connectivity index (χ1) is 14.3. The Kier molecular flexibility index (Phi) is 5.29. The van der Waals surface area contributed by atoms with E-state index in [0.717, 1.165) is 11.1 Å². The molecule has 1 saturated heterocycles. The van der Waals surface area contributed by atoms with Crippen LogP contribution in [0.4, 0.5) is 5.69 Å². The van der Waals surface area contributed by atoms with Crippen molar-refractivity contribution in [1.82, 2.24) is 0 Å².